The molecule has 0 radical (unpaired) electrons. The molecule has 0 N–H and O–H groups in total. The Morgan fingerprint density at radius 2 is 2.00 bits per heavy atom. The van der Waals surface area contributed by atoms with E-state index in [1.807, 2.05) is 32.0 Å². The molecule has 1 atom stereocenters. The third-order valence-electron chi connectivity index (χ3n) is 7.55. The predicted molar refractivity (Wildman–Crippen MR) is 154 cm³/mol. The monoisotopic (exact) mass is 552 g/mol. The van der Waals surface area contributed by atoms with Gasteiger partial charge in [-0.3, -0.25) is 14.6 Å². The summed E-state index contributed by atoms with van der Waals surface area (Å²) in [5, 5.41) is 4.63. The summed E-state index contributed by atoms with van der Waals surface area (Å²) in [5.74, 6) is 0.285. The van der Waals surface area contributed by atoms with Crippen molar-refractivity contribution >= 4 is 34.6 Å². The Kier molecular flexibility index (Phi) is 10.1. The minimum atomic E-state index is 0.141. The SMILES string of the molecule is Cc1cc(Cl)nc(C)c1C(=O)CCC[C@@H](C)N1CCC(N(Cc2ccsc2)C(=O)Cc2ccccn2)CC1. The van der Waals surface area contributed by atoms with E-state index in [1.54, 1.807) is 23.6 Å². The van der Waals surface area contributed by atoms with E-state index >= 15 is 0 Å². The first-order chi connectivity index (χ1) is 18.3. The molecule has 0 aromatic carbocycles. The van der Waals surface area contributed by atoms with Gasteiger partial charge in [0.1, 0.15) is 5.15 Å². The Hall–Kier alpha value is -2.61. The first-order valence-corrected chi connectivity index (χ1v) is 14.8. The predicted octanol–water partition coefficient (Wildman–Crippen LogP) is 6.29. The van der Waals surface area contributed by atoms with Gasteiger partial charge in [0.15, 0.2) is 5.78 Å². The topological polar surface area (TPSA) is 66.4 Å². The number of rotatable bonds is 11. The van der Waals surface area contributed by atoms with Crippen LogP contribution >= 0.6 is 22.9 Å². The van der Waals surface area contributed by atoms with Crippen LogP contribution in [0, 0.1) is 13.8 Å². The summed E-state index contributed by atoms with van der Waals surface area (Å²) in [4.78, 5) is 39.4. The van der Waals surface area contributed by atoms with Gasteiger partial charge in [-0.25, -0.2) is 4.98 Å². The number of carbonyl (C=O) groups excluding carboxylic acids is 2. The lowest BCUT2D eigenvalue weighted by atomic mass is 9.97. The third-order valence-corrected chi connectivity index (χ3v) is 8.47. The maximum absolute atomic E-state index is 13.4. The molecule has 1 saturated heterocycles. The van der Waals surface area contributed by atoms with E-state index in [1.165, 1.54) is 5.56 Å². The highest BCUT2D eigenvalue weighted by Gasteiger charge is 2.30. The zero-order valence-corrected chi connectivity index (χ0v) is 24.1. The fourth-order valence-corrected chi connectivity index (χ4v) is 6.42. The number of piperidine rings is 1. The van der Waals surface area contributed by atoms with Gasteiger partial charge in [-0.1, -0.05) is 17.7 Å². The number of thiophene rings is 1. The number of hydrogen-bond acceptors (Lipinski definition) is 6. The summed E-state index contributed by atoms with van der Waals surface area (Å²) in [6, 6.07) is 10.2. The van der Waals surface area contributed by atoms with Crippen molar-refractivity contribution in [3.05, 3.63) is 80.5 Å². The lowest BCUT2D eigenvalue weighted by molar-refractivity contribution is -0.134. The van der Waals surface area contributed by atoms with Gasteiger partial charge in [-0.2, -0.15) is 11.3 Å². The normalized spacial score (nSPS) is 15.4. The minimum absolute atomic E-state index is 0.141. The fourth-order valence-electron chi connectivity index (χ4n) is 5.47. The molecule has 0 spiro atoms. The molecule has 38 heavy (non-hydrogen) atoms. The van der Waals surface area contributed by atoms with E-state index in [0.29, 0.717) is 41.8 Å². The van der Waals surface area contributed by atoms with Crippen molar-refractivity contribution in [1.29, 1.82) is 0 Å². The van der Waals surface area contributed by atoms with E-state index in [9.17, 15) is 9.59 Å². The van der Waals surface area contributed by atoms with Gasteiger partial charge < -0.3 is 9.80 Å². The molecule has 0 aliphatic carbocycles. The zero-order chi connectivity index (χ0) is 27.1. The molecule has 202 valence electrons. The summed E-state index contributed by atoms with van der Waals surface area (Å²) < 4.78 is 0. The molecule has 6 nitrogen and oxygen atoms in total. The average Bonchev–Trinajstić information content (AvgIpc) is 3.41. The van der Waals surface area contributed by atoms with Crippen molar-refractivity contribution in [2.45, 2.75) is 77.9 Å². The summed E-state index contributed by atoms with van der Waals surface area (Å²) in [6.07, 6.45) is 6.31. The molecule has 0 saturated carbocycles. The second-order valence-corrected chi connectivity index (χ2v) is 11.5. The molecule has 1 fully saturated rings. The van der Waals surface area contributed by atoms with Gasteiger partial charge >= 0.3 is 0 Å². The first kappa shape index (κ1) is 28.4. The molecular weight excluding hydrogens is 516 g/mol. The maximum atomic E-state index is 13.4. The van der Waals surface area contributed by atoms with E-state index in [2.05, 4.69) is 43.5 Å². The van der Waals surface area contributed by atoms with Crippen molar-refractivity contribution in [2.75, 3.05) is 13.1 Å². The molecule has 1 aliphatic rings. The van der Waals surface area contributed by atoms with Crippen LogP contribution in [0.15, 0.2) is 47.3 Å². The number of pyridine rings is 2. The number of Topliss-reactive ketones (excluding diaryl/α,β-unsaturated/α-hetero) is 1. The molecular formula is C30H37ClN4O2S. The second-order valence-electron chi connectivity index (χ2n) is 10.3. The van der Waals surface area contributed by atoms with Crippen LogP contribution in [0.3, 0.4) is 0 Å². The summed E-state index contributed by atoms with van der Waals surface area (Å²) in [7, 11) is 0. The van der Waals surface area contributed by atoms with Crippen LogP contribution in [-0.4, -0.2) is 56.6 Å². The van der Waals surface area contributed by atoms with Gasteiger partial charge in [0.2, 0.25) is 5.91 Å². The molecule has 4 heterocycles. The number of ketones is 1. The molecule has 0 bridgehead atoms. The standard InChI is InChI=1S/C30H37ClN4O2S/c1-21-17-28(31)33-23(3)30(21)27(36)9-6-7-22(2)34-14-10-26(11-15-34)35(19-24-12-16-38-20-24)29(37)18-25-8-4-5-13-32-25/h4-5,8,12-13,16-17,20,22,26H,6-7,9-11,14-15,18-19H2,1-3H3/t22-/m1/s1. The Morgan fingerprint density at radius 3 is 2.66 bits per heavy atom. The highest BCUT2D eigenvalue weighted by atomic mass is 35.5. The largest absolute Gasteiger partial charge is 0.335 e. The zero-order valence-electron chi connectivity index (χ0n) is 22.5. The van der Waals surface area contributed by atoms with E-state index < -0.39 is 0 Å². The molecule has 1 aliphatic heterocycles. The highest BCUT2D eigenvalue weighted by molar-refractivity contribution is 7.07. The van der Waals surface area contributed by atoms with Crippen LogP contribution in [0.1, 0.15) is 71.9 Å². The molecule has 1 amide bonds. The third kappa shape index (κ3) is 7.49. The second kappa shape index (κ2) is 13.5. The number of aryl methyl sites for hydroxylation is 2. The lowest BCUT2D eigenvalue weighted by Gasteiger charge is -2.41. The molecule has 8 heteroatoms. The van der Waals surface area contributed by atoms with E-state index in [0.717, 1.165) is 50.0 Å². The maximum Gasteiger partial charge on any atom is 0.229 e. The van der Waals surface area contributed by atoms with Crippen molar-refractivity contribution in [1.82, 2.24) is 19.8 Å². The van der Waals surface area contributed by atoms with Crippen LogP contribution in [0.25, 0.3) is 0 Å². The van der Waals surface area contributed by atoms with Gasteiger partial charge in [0, 0.05) is 55.6 Å². The van der Waals surface area contributed by atoms with Crippen LogP contribution < -0.4 is 0 Å². The first-order valence-electron chi connectivity index (χ1n) is 13.4. The van der Waals surface area contributed by atoms with Crippen LogP contribution in [0.4, 0.5) is 0 Å². The van der Waals surface area contributed by atoms with E-state index in [4.69, 9.17) is 11.6 Å². The number of nitrogens with zero attached hydrogens (tertiary/aromatic N) is 4. The van der Waals surface area contributed by atoms with Crippen molar-refractivity contribution < 1.29 is 9.59 Å². The van der Waals surface area contributed by atoms with Crippen molar-refractivity contribution in [2.24, 2.45) is 0 Å². The molecule has 3 aromatic heterocycles. The minimum Gasteiger partial charge on any atom is -0.335 e. The van der Waals surface area contributed by atoms with Gasteiger partial charge in [-0.05, 0) is 92.6 Å². The number of hydrogen-bond donors (Lipinski definition) is 0. The molecule has 4 rings (SSSR count). The molecule has 3 aromatic rings. The summed E-state index contributed by atoms with van der Waals surface area (Å²) >= 11 is 7.69. The quantitative estimate of drug-likeness (QED) is 0.207. The Labute approximate surface area is 235 Å². The van der Waals surface area contributed by atoms with E-state index in [-0.39, 0.29) is 17.7 Å². The average molecular weight is 553 g/mol. The number of amides is 1. The van der Waals surface area contributed by atoms with Crippen molar-refractivity contribution in [3.63, 3.8) is 0 Å². The Morgan fingerprint density at radius 1 is 1.21 bits per heavy atom. The number of carbonyl (C=O) groups is 2. The van der Waals surface area contributed by atoms with Crippen molar-refractivity contribution in [3.8, 4) is 0 Å². The number of aromatic nitrogens is 2. The Bertz CT molecular complexity index is 1190. The lowest BCUT2D eigenvalue weighted by Crippen LogP contribution is -2.49. The molecule has 0 unspecified atom stereocenters. The number of likely N-dealkylation sites (tertiary alicyclic amines) is 1. The summed E-state index contributed by atoms with van der Waals surface area (Å²) in [6.45, 7) is 8.58. The highest BCUT2D eigenvalue weighted by Crippen LogP contribution is 2.24. The van der Waals surface area contributed by atoms with Crippen LogP contribution in [0.5, 0.6) is 0 Å². The summed E-state index contributed by atoms with van der Waals surface area (Å²) in [5.41, 5.74) is 4.32. The number of halogens is 1. The Balaban J connectivity index is 1.29. The fraction of sp³-hybridized carbons (Fsp3) is 0.467. The smallest absolute Gasteiger partial charge is 0.229 e. The van der Waals surface area contributed by atoms with Crippen LogP contribution in [-0.2, 0) is 17.8 Å². The van der Waals surface area contributed by atoms with Gasteiger partial charge in [-0.15, -0.1) is 0 Å². The van der Waals surface area contributed by atoms with Gasteiger partial charge in [0.05, 0.1) is 12.1 Å². The van der Waals surface area contributed by atoms with Gasteiger partial charge in [0.25, 0.3) is 0 Å². The van der Waals surface area contributed by atoms with Crippen LogP contribution in [0.2, 0.25) is 5.15 Å².